The van der Waals surface area contributed by atoms with E-state index in [-0.39, 0.29) is 12.3 Å². The van der Waals surface area contributed by atoms with E-state index in [1.165, 1.54) is 32.1 Å². The molecule has 1 saturated carbocycles. The van der Waals surface area contributed by atoms with Gasteiger partial charge < -0.3 is 9.94 Å². The molecule has 1 aromatic rings. The first-order valence-corrected chi connectivity index (χ1v) is 8.21. The van der Waals surface area contributed by atoms with Gasteiger partial charge in [0, 0.05) is 6.42 Å². The molecule has 1 aromatic carbocycles. The van der Waals surface area contributed by atoms with E-state index in [9.17, 15) is 4.79 Å². The van der Waals surface area contributed by atoms with Crippen molar-refractivity contribution in [2.75, 3.05) is 0 Å². The Bertz CT molecular complexity index is 478. The third-order valence-electron chi connectivity index (χ3n) is 4.32. The number of carbonyl (C=O) groups excluding carboxylic acids is 1. The summed E-state index contributed by atoms with van der Waals surface area (Å²) in [5.74, 6) is 0.254. The maximum absolute atomic E-state index is 11.9. The highest BCUT2D eigenvalue weighted by molar-refractivity contribution is 6.36. The molecular formula is C18H25NO3. The van der Waals surface area contributed by atoms with Gasteiger partial charge in [-0.05, 0) is 17.9 Å². The van der Waals surface area contributed by atoms with Crippen LogP contribution >= 0.6 is 0 Å². The Morgan fingerprint density at radius 3 is 2.59 bits per heavy atom. The van der Waals surface area contributed by atoms with Gasteiger partial charge in [-0.2, -0.15) is 0 Å². The van der Waals surface area contributed by atoms with Crippen LogP contribution in [0.5, 0.6) is 0 Å². The molecule has 0 radical (unpaired) electrons. The average Bonchev–Trinajstić information content (AvgIpc) is 2.58. The minimum atomic E-state index is -0.519. The van der Waals surface area contributed by atoms with Crippen LogP contribution in [0.15, 0.2) is 35.5 Å². The molecular weight excluding hydrogens is 278 g/mol. The Hall–Kier alpha value is -1.84. The summed E-state index contributed by atoms with van der Waals surface area (Å²) in [7, 11) is 0. The van der Waals surface area contributed by atoms with Crippen LogP contribution in [0.25, 0.3) is 0 Å². The standard InChI is InChI=1S/C18H25NO3/c20-18(22-14-16-10-5-2-6-11-16)17(19-21)13-7-12-15-8-3-1-4-9-15/h2,5-6,10-11,15,21H,1,3-4,7-9,12-14H2/b19-17-. The molecule has 1 N–H and O–H groups in total. The Balaban J connectivity index is 1.70. The van der Waals surface area contributed by atoms with Crippen LogP contribution in [-0.2, 0) is 16.1 Å². The number of ether oxygens (including phenoxy) is 1. The van der Waals surface area contributed by atoms with Gasteiger partial charge in [-0.3, -0.25) is 0 Å². The average molecular weight is 303 g/mol. The minimum Gasteiger partial charge on any atom is -0.456 e. The molecule has 0 bridgehead atoms. The Labute approximate surface area is 132 Å². The molecule has 0 saturated heterocycles. The van der Waals surface area contributed by atoms with Gasteiger partial charge in [0.1, 0.15) is 6.61 Å². The maximum atomic E-state index is 11.9. The van der Waals surface area contributed by atoms with Crippen molar-refractivity contribution in [3.8, 4) is 0 Å². The van der Waals surface area contributed by atoms with Crippen molar-refractivity contribution in [1.82, 2.24) is 0 Å². The van der Waals surface area contributed by atoms with Crippen LogP contribution in [0.4, 0.5) is 0 Å². The molecule has 0 aromatic heterocycles. The van der Waals surface area contributed by atoms with Crippen molar-refractivity contribution in [3.05, 3.63) is 35.9 Å². The summed E-state index contributed by atoms with van der Waals surface area (Å²) in [6.07, 6.45) is 9.06. The van der Waals surface area contributed by atoms with E-state index < -0.39 is 5.97 Å². The molecule has 1 fully saturated rings. The number of esters is 1. The van der Waals surface area contributed by atoms with Crippen LogP contribution < -0.4 is 0 Å². The van der Waals surface area contributed by atoms with E-state index >= 15 is 0 Å². The van der Waals surface area contributed by atoms with E-state index in [2.05, 4.69) is 5.16 Å². The summed E-state index contributed by atoms with van der Waals surface area (Å²) < 4.78 is 5.19. The van der Waals surface area contributed by atoms with Gasteiger partial charge in [-0.1, -0.05) is 74.0 Å². The van der Waals surface area contributed by atoms with Crippen LogP contribution in [0.1, 0.15) is 56.9 Å². The maximum Gasteiger partial charge on any atom is 0.356 e. The van der Waals surface area contributed by atoms with Crippen LogP contribution in [0.3, 0.4) is 0 Å². The third kappa shape index (κ3) is 5.51. The Morgan fingerprint density at radius 2 is 1.91 bits per heavy atom. The largest absolute Gasteiger partial charge is 0.456 e. The zero-order chi connectivity index (χ0) is 15.6. The molecule has 120 valence electrons. The lowest BCUT2D eigenvalue weighted by atomic mass is 9.85. The highest BCUT2D eigenvalue weighted by Crippen LogP contribution is 2.27. The number of nitrogens with zero attached hydrogens (tertiary/aromatic N) is 1. The number of carbonyl (C=O) groups is 1. The fourth-order valence-electron chi connectivity index (χ4n) is 3.03. The van der Waals surface area contributed by atoms with E-state index in [4.69, 9.17) is 9.94 Å². The number of benzene rings is 1. The molecule has 1 aliphatic carbocycles. The van der Waals surface area contributed by atoms with Crippen molar-refractivity contribution >= 4 is 11.7 Å². The number of rotatable bonds is 7. The molecule has 1 aliphatic rings. The smallest absolute Gasteiger partial charge is 0.356 e. The monoisotopic (exact) mass is 303 g/mol. The number of oxime groups is 1. The molecule has 0 spiro atoms. The van der Waals surface area contributed by atoms with Gasteiger partial charge in [0.25, 0.3) is 0 Å². The van der Waals surface area contributed by atoms with Gasteiger partial charge in [0.05, 0.1) is 0 Å². The molecule has 0 aliphatic heterocycles. The van der Waals surface area contributed by atoms with Crippen LogP contribution in [0.2, 0.25) is 0 Å². The number of hydrogen-bond acceptors (Lipinski definition) is 4. The summed E-state index contributed by atoms with van der Waals surface area (Å²) >= 11 is 0. The second-order valence-electron chi connectivity index (χ2n) is 6.00. The number of hydrogen-bond donors (Lipinski definition) is 1. The summed E-state index contributed by atoms with van der Waals surface area (Å²) in [6.45, 7) is 0.210. The van der Waals surface area contributed by atoms with Crippen molar-refractivity contribution in [2.24, 2.45) is 11.1 Å². The van der Waals surface area contributed by atoms with Crippen molar-refractivity contribution in [3.63, 3.8) is 0 Å². The lowest BCUT2D eigenvalue weighted by Crippen LogP contribution is -2.18. The highest BCUT2D eigenvalue weighted by atomic mass is 16.5. The lowest BCUT2D eigenvalue weighted by Gasteiger charge is -2.21. The zero-order valence-corrected chi connectivity index (χ0v) is 13.0. The highest BCUT2D eigenvalue weighted by Gasteiger charge is 2.17. The predicted octanol–water partition coefficient (Wildman–Crippen LogP) is 4.31. The summed E-state index contributed by atoms with van der Waals surface area (Å²) in [5.41, 5.74) is 1.06. The van der Waals surface area contributed by atoms with Crippen molar-refractivity contribution in [1.29, 1.82) is 0 Å². The topological polar surface area (TPSA) is 58.9 Å². The molecule has 0 atom stereocenters. The van der Waals surface area contributed by atoms with E-state index in [1.807, 2.05) is 30.3 Å². The van der Waals surface area contributed by atoms with E-state index in [0.717, 1.165) is 24.3 Å². The fraction of sp³-hybridized carbons (Fsp3) is 0.556. The lowest BCUT2D eigenvalue weighted by molar-refractivity contribution is -0.137. The Morgan fingerprint density at radius 1 is 1.18 bits per heavy atom. The van der Waals surface area contributed by atoms with Crippen molar-refractivity contribution < 1.29 is 14.7 Å². The second kappa shape index (κ2) is 9.23. The first-order chi connectivity index (χ1) is 10.8. The molecule has 4 heteroatoms. The predicted molar refractivity (Wildman–Crippen MR) is 85.9 cm³/mol. The molecule has 0 amide bonds. The van der Waals surface area contributed by atoms with Gasteiger partial charge in [0.2, 0.25) is 0 Å². The molecule has 0 heterocycles. The van der Waals surface area contributed by atoms with Gasteiger partial charge in [-0.25, -0.2) is 4.79 Å². The quantitative estimate of drug-likeness (QED) is 0.353. The second-order valence-corrected chi connectivity index (χ2v) is 6.00. The van der Waals surface area contributed by atoms with Gasteiger partial charge in [0.15, 0.2) is 5.71 Å². The third-order valence-corrected chi connectivity index (χ3v) is 4.32. The molecule has 22 heavy (non-hydrogen) atoms. The SMILES string of the molecule is O=C(OCc1ccccc1)/C(CCCC1CCCCC1)=N\O. The van der Waals surface area contributed by atoms with E-state index in [0.29, 0.717) is 6.42 Å². The minimum absolute atomic E-state index is 0.131. The summed E-state index contributed by atoms with van der Waals surface area (Å²) in [5, 5.41) is 12.1. The molecule has 0 unspecified atom stereocenters. The van der Waals surface area contributed by atoms with Crippen LogP contribution in [0, 0.1) is 5.92 Å². The normalized spacial score (nSPS) is 16.5. The molecule has 4 nitrogen and oxygen atoms in total. The first-order valence-electron chi connectivity index (χ1n) is 8.21. The van der Waals surface area contributed by atoms with Crippen molar-refractivity contribution in [2.45, 2.75) is 58.0 Å². The fourth-order valence-corrected chi connectivity index (χ4v) is 3.03. The van der Waals surface area contributed by atoms with E-state index in [1.54, 1.807) is 0 Å². The van der Waals surface area contributed by atoms with Crippen LogP contribution in [-0.4, -0.2) is 16.9 Å². The summed E-state index contributed by atoms with van der Waals surface area (Å²) in [6, 6.07) is 9.50. The van der Waals surface area contributed by atoms with Gasteiger partial charge >= 0.3 is 5.97 Å². The zero-order valence-electron chi connectivity index (χ0n) is 13.0. The Kier molecular flexibility index (Phi) is 6.94. The summed E-state index contributed by atoms with van der Waals surface area (Å²) in [4.78, 5) is 11.9. The van der Waals surface area contributed by atoms with Gasteiger partial charge in [-0.15, -0.1) is 0 Å². The molecule has 2 rings (SSSR count). The first kappa shape index (κ1) is 16.5.